The smallest absolute Gasteiger partial charge is 0.152 e. The molecule has 1 fully saturated rings. The van der Waals surface area contributed by atoms with Crippen molar-refractivity contribution in [1.29, 1.82) is 0 Å². The second-order valence-electron chi connectivity index (χ2n) is 5.73. The van der Waals surface area contributed by atoms with Crippen molar-refractivity contribution < 1.29 is 9.78 Å². The van der Waals surface area contributed by atoms with Gasteiger partial charge in [0.15, 0.2) is 5.60 Å². The Hall–Kier alpha value is -0.860. The average molecular weight is 262 g/mol. The maximum Gasteiger partial charge on any atom is 0.152 e. The summed E-state index contributed by atoms with van der Waals surface area (Å²) in [5.74, 6) is 0. The van der Waals surface area contributed by atoms with E-state index in [-0.39, 0.29) is 5.60 Å². The van der Waals surface area contributed by atoms with Gasteiger partial charge in [0.1, 0.15) is 6.61 Å². The molecule has 0 N–H and O–H groups in total. The molecule has 1 aromatic carbocycles. The summed E-state index contributed by atoms with van der Waals surface area (Å²) in [4.78, 5) is 10.4. The highest BCUT2D eigenvalue weighted by Gasteiger charge is 2.39. The molecule has 1 heterocycles. The van der Waals surface area contributed by atoms with Crippen LogP contribution in [0.4, 0.5) is 0 Å². The van der Waals surface area contributed by atoms with Crippen LogP contribution in [0.1, 0.15) is 63.1 Å². The highest BCUT2D eigenvalue weighted by molar-refractivity contribution is 5.39. The van der Waals surface area contributed by atoms with Gasteiger partial charge in [0.25, 0.3) is 0 Å². The largest absolute Gasteiger partial charge is 0.232 e. The zero-order valence-corrected chi connectivity index (χ0v) is 12.5. The lowest BCUT2D eigenvalue weighted by Crippen LogP contribution is -2.42. The van der Waals surface area contributed by atoms with E-state index >= 15 is 0 Å². The summed E-state index contributed by atoms with van der Waals surface area (Å²) in [6.07, 6.45) is 7.32. The Bertz CT molecular complexity index is 408. The summed E-state index contributed by atoms with van der Waals surface area (Å²) in [6.45, 7) is 7.30. The molecule has 0 saturated carbocycles. The summed E-state index contributed by atoms with van der Waals surface area (Å²) in [6, 6.07) is 6.67. The molecular weight excluding hydrogens is 236 g/mol. The van der Waals surface area contributed by atoms with E-state index in [1.54, 1.807) is 0 Å². The van der Waals surface area contributed by atoms with Crippen molar-refractivity contribution in [3.63, 3.8) is 0 Å². The Morgan fingerprint density at radius 1 is 1.11 bits per heavy atom. The van der Waals surface area contributed by atoms with Crippen molar-refractivity contribution in [3.05, 3.63) is 34.9 Å². The molecule has 2 nitrogen and oxygen atoms in total. The fourth-order valence-corrected chi connectivity index (χ4v) is 2.74. The minimum atomic E-state index is -0.231. The number of unbranched alkanes of at least 4 members (excludes halogenated alkanes) is 2. The van der Waals surface area contributed by atoms with Crippen LogP contribution in [0.25, 0.3) is 0 Å². The van der Waals surface area contributed by atoms with Crippen LogP contribution in [0.15, 0.2) is 18.2 Å². The van der Waals surface area contributed by atoms with Crippen LogP contribution in [-0.4, -0.2) is 6.61 Å². The maximum absolute atomic E-state index is 5.38. The van der Waals surface area contributed by atoms with Gasteiger partial charge in [0.2, 0.25) is 0 Å². The molecule has 0 bridgehead atoms. The molecule has 1 aliphatic rings. The van der Waals surface area contributed by atoms with Gasteiger partial charge in [-0.15, -0.1) is 0 Å². The molecule has 19 heavy (non-hydrogen) atoms. The number of hydrogen-bond donors (Lipinski definition) is 0. The summed E-state index contributed by atoms with van der Waals surface area (Å²) in [7, 11) is 0. The highest BCUT2D eigenvalue weighted by Crippen LogP contribution is 2.37. The number of aryl methyl sites for hydroxylation is 1. The van der Waals surface area contributed by atoms with Gasteiger partial charge in [-0.05, 0) is 49.3 Å². The first-order valence-corrected chi connectivity index (χ1v) is 7.63. The van der Waals surface area contributed by atoms with Crippen molar-refractivity contribution in [1.82, 2.24) is 0 Å². The Morgan fingerprint density at radius 2 is 1.79 bits per heavy atom. The van der Waals surface area contributed by atoms with Crippen LogP contribution >= 0.6 is 0 Å². The molecule has 1 aromatic rings. The van der Waals surface area contributed by atoms with E-state index in [0.29, 0.717) is 6.61 Å². The van der Waals surface area contributed by atoms with Gasteiger partial charge >= 0.3 is 0 Å². The van der Waals surface area contributed by atoms with Gasteiger partial charge in [0, 0.05) is 0 Å². The quantitative estimate of drug-likeness (QED) is 0.671. The fraction of sp³-hybridized carbons (Fsp3) is 0.647. The van der Waals surface area contributed by atoms with Crippen molar-refractivity contribution in [2.24, 2.45) is 0 Å². The van der Waals surface area contributed by atoms with Gasteiger partial charge in [-0.3, -0.25) is 0 Å². The fourth-order valence-electron chi connectivity index (χ4n) is 2.74. The van der Waals surface area contributed by atoms with Crippen LogP contribution in [0.5, 0.6) is 0 Å². The van der Waals surface area contributed by atoms with Crippen LogP contribution in [0, 0.1) is 0 Å². The second-order valence-corrected chi connectivity index (χ2v) is 5.73. The molecule has 2 rings (SSSR count). The molecule has 0 spiro atoms. The third kappa shape index (κ3) is 3.18. The van der Waals surface area contributed by atoms with Crippen molar-refractivity contribution in [3.8, 4) is 0 Å². The number of hydrogen-bond acceptors (Lipinski definition) is 2. The first kappa shape index (κ1) is 14.5. The first-order chi connectivity index (χ1) is 9.21. The summed E-state index contributed by atoms with van der Waals surface area (Å²) in [5, 5.41) is 0. The standard InChI is InChI=1S/C17H26O2/c1-4-6-9-14-10-8-12-16(15(14)11-7-5-2)17(3)13-18-19-17/h8,10,12H,4-7,9,11,13H2,1-3H3. The Balaban J connectivity index is 2.29. The molecule has 0 radical (unpaired) electrons. The lowest BCUT2D eigenvalue weighted by molar-refractivity contribution is -0.474. The van der Waals surface area contributed by atoms with Gasteiger partial charge < -0.3 is 0 Å². The molecule has 1 saturated heterocycles. The normalized spacial score (nSPS) is 22.3. The predicted molar refractivity (Wildman–Crippen MR) is 78.1 cm³/mol. The summed E-state index contributed by atoms with van der Waals surface area (Å²) in [5.41, 5.74) is 4.11. The Kier molecular flexibility index (Phi) is 5.00. The minimum Gasteiger partial charge on any atom is -0.232 e. The highest BCUT2D eigenvalue weighted by atomic mass is 17.2. The van der Waals surface area contributed by atoms with Crippen molar-refractivity contribution in [2.75, 3.05) is 6.61 Å². The lowest BCUT2D eigenvalue weighted by atomic mass is 9.85. The van der Waals surface area contributed by atoms with E-state index < -0.39 is 0 Å². The molecule has 0 aromatic heterocycles. The molecule has 2 heteroatoms. The van der Waals surface area contributed by atoms with E-state index in [2.05, 4.69) is 39.0 Å². The van der Waals surface area contributed by atoms with E-state index in [0.717, 1.165) is 6.42 Å². The van der Waals surface area contributed by atoms with Gasteiger partial charge in [-0.25, -0.2) is 9.78 Å². The van der Waals surface area contributed by atoms with E-state index in [9.17, 15) is 0 Å². The second kappa shape index (κ2) is 6.53. The van der Waals surface area contributed by atoms with Crippen molar-refractivity contribution >= 4 is 0 Å². The third-order valence-corrected chi connectivity index (χ3v) is 4.00. The SMILES string of the molecule is CCCCc1cccc(C2(C)COO2)c1CCCC. The molecular formula is C17H26O2. The Labute approximate surface area is 117 Å². The van der Waals surface area contributed by atoms with Crippen LogP contribution in [-0.2, 0) is 28.2 Å². The Morgan fingerprint density at radius 3 is 2.37 bits per heavy atom. The van der Waals surface area contributed by atoms with E-state index in [1.165, 1.54) is 48.8 Å². The predicted octanol–water partition coefficient (Wildman–Crippen LogP) is 4.55. The zero-order chi connectivity index (χ0) is 13.7. The lowest BCUT2D eigenvalue weighted by Gasteiger charge is -2.38. The number of benzene rings is 1. The minimum absolute atomic E-state index is 0.231. The first-order valence-electron chi connectivity index (χ1n) is 7.63. The van der Waals surface area contributed by atoms with E-state index in [4.69, 9.17) is 9.78 Å². The van der Waals surface area contributed by atoms with Gasteiger partial charge in [0.05, 0.1) is 0 Å². The zero-order valence-electron chi connectivity index (χ0n) is 12.5. The van der Waals surface area contributed by atoms with Crippen LogP contribution in [0.2, 0.25) is 0 Å². The molecule has 0 amide bonds. The third-order valence-electron chi connectivity index (χ3n) is 4.00. The molecule has 106 valence electrons. The maximum atomic E-state index is 5.38. The molecule has 1 aliphatic heterocycles. The van der Waals surface area contributed by atoms with Crippen LogP contribution < -0.4 is 0 Å². The molecule has 1 unspecified atom stereocenters. The van der Waals surface area contributed by atoms with Crippen molar-refractivity contribution in [2.45, 2.75) is 64.9 Å². The van der Waals surface area contributed by atoms with Gasteiger partial charge in [-0.1, -0.05) is 44.9 Å². The summed E-state index contributed by atoms with van der Waals surface area (Å²) < 4.78 is 0. The van der Waals surface area contributed by atoms with Gasteiger partial charge in [-0.2, -0.15) is 0 Å². The van der Waals surface area contributed by atoms with E-state index in [1.807, 2.05) is 0 Å². The average Bonchev–Trinajstić information content (AvgIpc) is 2.40. The summed E-state index contributed by atoms with van der Waals surface area (Å²) >= 11 is 0. The molecule has 0 aliphatic carbocycles. The molecule has 1 atom stereocenters. The number of rotatable bonds is 7. The topological polar surface area (TPSA) is 18.5 Å². The van der Waals surface area contributed by atoms with Crippen LogP contribution in [0.3, 0.4) is 0 Å². The monoisotopic (exact) mass is 262 g/mol.